The van der Waals surface area contributed by atoms with E-state index in [-0.39, 0.29) is 5.82 Å². The minimum atomic E-state index is -0.299. The fourth-order valence-corrected chi connectivity index (χ4v) is 1.58. The highest BCUT2D eigenvalue weighted by Gasteiger charge is 2.02. The summed E-state index contributed by atoms with van der Waals surface area (Å²) in [6.45, 7) is 2.33. The first-order valence-corrected chi connectivity index (χ1v) is 5.39. The molecule has 0 aromatic heterocycles. The maximum atomic E-state index is 12.9. The predicted molar refractivity (Wildman–Crippen MR) is 66.3 cm³/mol. The van der Waals surface area contributed by atoms with E-state index >= 15 is 0 Å². The SMILES string of the molecule is Cc1c(N)cccc1COc1cccc(F)c1. The molecule has 17 heavy (non-hydrogen) atoms. The maximum absolute atomic E-state index is 12.9. The Balaban J connectivity index is 2.10. The highest BCUT2D eigenvalue weighted by Crippen LogP contribution is 2.19. The Labute approximate surface area is 99.8 Å². The van der Waals surface area contributed by atoms with Crippen LogP contribution < -0.4 is 10.5 Å². The molecule has 88 valence electrons. The molecule has 0 aliphatic carbocycles. The molecule has 0 heterocycles. The van der Waals surface area contributed by atoms with Gasteiger partial charge in [-0.05, 0) is 36.2 Å². The second-order valence-electron chi connectivity index (χ2n) is 3.88. The zero-order valence-electron chi connectivity index (χ0n) is 9.61. The number of hydrogen-bond acceptors (Lipinski definition) is 2. The minimum absolute atomic E-state index is 0.299. The van der Waals surface area contributed by atoms with Crippen LogP contribution in [0.3, 0.4) is 0 Å². The van der Waals surface area contributed by atoms with E-state index in [1.54, 1.807) is 12.1 Å². The third-order valence-corrected chi connectivity index (χ3v) is 2.68. The van der Waals surface area contributed by atoms with Gasteiger partial charge in [0.25, 0.3) is 0 Å². The Hall–Kier alpha value is -2.03. The van der Waals surface area contributed by atoms with Crippen molar-refractivity contribution >= 4 is 5.69 Å². The second-order valence-corrected chi connectivity index (χ2v) is 3.88. The molecule has 0 saturated carbocycles. The maximum Gasteiger partial charge on any atom is 0.126 e. The number of benzene rings is 2. The van der Waals surface area contributed by atoms with Gasteiger partial charge in [0.15, 0.2) is 0 Å². The van der Waals surface area contributed by atoms with Gasteiger partial charge in [0.05, 0.1) is 0 Å². The standard InChI is InChI=1S/C14H14FNO/c1-10-11(4-2-7-14(10)16)9-17-13-6-3-5-12(15)8-13/h2-8H,9,16H2,1H3. The van der Waals surface area contributed by atoms with Gasteiger partial charge in [-0.25, -0.2) is 4.39 Å². The highest BCUT2D eigenvalue weighted by molar-refractivity contribution is 5.49. The lowest BCUT2D eigenvalue weighted by Crippen LogP contribution is -2.00. The Kier molecular flexibility index (Phi) is 3.28. The summed E-state index contributed by atoms with van der Waals surface area (Å²) in [5.74, 6) is 0.221. The van der Waals surface area contributed by atoms with Gasteiger partial charge in [-0.2, -0.15) is 0 Å². The normalized spacial score (nSPS) is 10.2. The molecule has 2 aromatic rings. The van der Waals surface area contributed by atoms with Crippen molar-refractivity contribution in [1.82, 2.24) is 0 Å². The molecule has 2 rings (SSSR count). The predicted octanol–water partition coefficient (Wildman–Crippen LogP) is 3.30. The molecule has 0 fully saturated rings. The van der Waals surface area contributed by atoms with Crippen LogP contribution in [0.4, 0.5) is 10.1 Å². The molecule has 0 aliphatic heterocycles. The van der Waals surface area contributed by atoms with Gasteiger partial charge in [0.2, 0.25) is 0 Å². The van der Waals surface area contributed by atoms with Gasteiger partial charge < -0.3 is 10.5 Å². The smallest absolute Gasteiger partial charge is 0.126 e. The van der Waals surface area contributed by atoms with Gasteiger partial charge in [-0.3, -0.25) is 0 Å². The average Bonchev–Trinajstić information content (AvgIpc) is 2.31. The summed E-state index contributed by atoms with van der Waals surface area (Å²) in [7, 11) is 0. The van der Waals surface area contributed by atoms with Gasteiger partial charge in [-0.1, -0.05) is 18.2 Å². The fraction of sp³-hybridized carbons (Fsp3) is 0.143. The van der Waals surface area contributed by atoms with Gasteiger partial charge in [-0.15, -0.1) is 0 Å². The molecule has 0 radical (unpaired) electrons. The number of nitrogen functional groups attached to an aromatic ring is 1. The Morgan fingerprint density at radius 3 is 2.71 bits per heavy atom. The quantitative estimate of drug-likeness (QED) is 0.822. The van der Waals surface area contributed by atoms with E-state index in [4.69, 9.17) is 10.5 Å². The van der Waals surface area contributed by atoms with Crippen LogP contribution in [0, 0.1) is 12.7 Å². The molecule has 0 aliphatic rings. The van der Waals surface area contributed by atoms with E-state index in [0.717, 1.165) is 16.8 Å². The summed E-state index contributed by atoms with van der Waals surface area (Å²) >= 11 is 0. The largest absolute Gasteiger partial charge is 0.489 e. The van der Waals surface area contributed by atoms with Crippen LogP contribution in [-0.2, 0) is 6.61 Å². The first-order valence-electron chi connectivity index (χ1n) is 5.39. The van der Waals surface area contributed by atoms with E-state index in [1.807, 2.05) is 25.1 Å². The van der Waals surface area contributed by atoms with Crippen molar-refractivity contribution in [1.29, 1.82) is 0 Å². The molecule has 0 saturated heterocycles. The molecule has 2 N–H and O–H groups in total. The summed E-state index contributed by atoms with van der Waals surface area (Å²) < 4.78 is 18.4. The summed E-state index contributed by atoms with van der Waals surface area (Å²) in [6.07, 6.45) is 0. The Morgan fingerprint density at radius 2 is 1.94 bits per heavy atom. The topological polar surface area (TPSA) is 35.2 Å². The lowest BCUT2D eigenvalue weighted by Gasteiger charge is -2.10. The highest BCUT2D eigenvalue weighted by atomic mass is 19.1. The van der Waals surface area contributed by atoms with Crippen LogP contribution in [0.15, 0.2) is 42.5 Å². The monoisotopic (exact) mass is 231 g/mol. The molecule has 0 spiro atoms. The molecule has 0 amide bonds. The average molecular weight is 231 g/mol. The van der Waals surface area contributed by atoms with E-state index in [1.165, 1.54) is 12.1 Å². The van der Waals surface area contributed by atoms with Crippen molar-refractivity contribution < 1.29 is 9.13 Å². The van der Waals surface area contributed by atoms with E-state index in [2.05, 4.69) is 0 Å². The molecule has 3 heteroatoms. The van der Waals surface area contributed by atoms with Crippen molar-refractivity contribution in [2.75, 3.05) is 5.73 Å². The molecule has 0 unspecified atom stereocenters. The Morgan fingerprint density at radius 1 is 1.18 bits per heavy atom. The third kappa shape index (κ3) is 2.75. The van der Waals surface area contributed by atoms with Crippen LogP contribution in [0.2, 0.25) is 0 Å². The molecular weight excluding hydrogens is 217 g/mol. The molecule has 0 bridgehead atoms. The summed E-state index contributed by atoms with van der Waals surface area (Å²) in [6, 6.07) is 11.8. The number of ether oxygens (including phenoxy) is 1. The minimum Gasteiger partial charge on any atom is -0.489 e. The fourth-order valence-electron chi connectivity index (χ4n) is 1.58. The van der Waals surface area contributed by atoms with Crippen LogP contribution in [0.25, 0.3) is 0 Å². The van der Waals surface area contributed by atoms with Crippen molar-refractivity contribution in [3.05, 3.63) is 59.4 Å². The van der Waals surface area contributed by atoms with Crippen molar-refractivity contribution in [2.45, 2.75) is 13.5 Å². The van der Waals surface area contributed by atoms with Crippen molar-refractivity contribution in [3.63, 3.8) is 0 Å². The summed E-state index contributed by atoms with van der Waals surface area (Å²) in [5, 5.41) is 0. The number of nitrogens with two attached hydrogens (primary N) is 1. The third-order valence-electron chi connectivity index (χ3n) is 2.68. The van der Waals surface area contributed by atoms with Gasteiger partial charge in [0, 0.05) is 11.8 Å². The number of rotatable bonds is 3. The van der Waals surface area contributed by atoms with E-state index in [9.17, 15) is 4.39 Å². The second kappa shape index (κ2) is 4.87. The first-order chi connectivity index (χ1) is 8.16. The number of halogens is 1. The zero-order valence-corrected chi connectivity index (χ0v) is 9.61. The zero-order chi connectivity index (χ0) is 12.3. The van der Waals surface area contributed by atoms with Gasteiger partial charge in [0.1, 0.15) is 18.2 Å². The van der Waals surface area contributed by atoms with Crippen LogP contribution in [0.5, 0.6) is 5.75 Å². The molecular formula is C14H14FNO. The molecule has 2 nitrogen and oxygen atoms in total. The van der Waals surface area contributed by atoms with Gasteiger partial charge >= 0.3 is 0 Å². The van der Waals surface area contributed by atoms with Crippen molar-refractivity contribution in [2.24, 2.45) is 0 Å². The number of anilines is 1. The van der Waals surface area contributed by atoms with E-state index < -0.39 is 0 Å². The van der Waals surface area contributed by atoms with E-state index in [0.29, 0.717) is 12.4 Å². The van der Waals surface area contributed by atoms with Crippen LogP contribution in [-0.4, -0.2) is 0 Å². The Bertz CT molecular complexity index is 525. The number of hydrogen-bond donors (Lipinski definition) is 1. The lowest BCUT2D eigenvalue weighted by atomic mass is 10.1. The lowest BCUT2D eigenvalue weighted by molar-refractivity contribution is 0.304. The van der Waals surface area contributed by atoms with Crippen molar-refractivity contribution in [3.8, 4) is 5.75 Å². The molecule has 2 aromatic carbocycles. The first kappa shape index (κ1) is 11.5. The van der Waals surface area contributed by atoms with Crippen LogP contribution in [0.1, 0.15) is 11.1 Å². The summed E-state index contributed by atoms with van der Waals surface area (Å²) in [4.78, 5) is 0. The van der Waals surface area contributed by atoms with Crippen LogP contribution >= 0.6 is 0 Å². The molecule has 0 atom stereocenters. The summed E-state index contributed by atoms with van der Waals surface area (Å²) in [5.41, 5.74) is 8.55.